The molecule has 5 rings (SSSR count). The third-order valence-corrected chi connectivity index (χ3v) is 5.95. The molecule has 2 fully saturated rings. The quantitative estimate of drug-likeness (QED) is 0.629. The Morgan fingerprint density at radius 3 is 2.94 bits per heavy atom. The normalized spacial score (nSPS) is 20.6. The summed E-state index contributed by atoms with van der Waals surface area (Å²) < 4.78 is 10.7. The van der Waals surface area contributed by atoms with Crippen LogP contribution in [0, 0.1) is 6.92 Å². The largest absolute Gasteiger partial charge is 0.507 e. The van der Waals surface area contributed by atoms with Crippen LogP contribution in [-0.2, 0) is 9.47 Å². The molecular weight excluding hydrogens is 408 g/mol. The molecule has 2 atom stereocenters. The molecule has 3 aromatic rings. The van der Waals surface area contributed by atoms with E-state index >= 15 is 0 Å². The first-order valence-corrected chi connectivity index (χ1v) is 10.9. The van der Waals surface area contributed by atoms with E-state index < -0.39 is 6.09 Å². The number of amides is 1. The summed E-state index contributed by atoms with van der Waals surface area (Å²) >= 11 is 0. The summed E-state index contributed by atoms with van der Waals surface area (Å²) in [6.45, 7) is 4.49. The van der Waals surface area contributed by atoms with Crippen molar-refractivity contribution in [2.75, 3.05) is 31.2 Å². The van der Waals surface area contributed by atoms with Gasteiger partial charge in [-0.25, -0.2) is 14.8 Å². The van der Waals surface area contributed by atoms with Crippen LogP contribution in [0.5, 0.6) is 5.75 Å². The molecule has 0 radical (unpaired) electrons. The average Bonchev–Trinajstić information content (AvgIpc) is 3.45. The molecule has 2 N–H and O–H groups in total. The van der Waals surface area contributed by atoms with Crippen LogP contribution in [0.15, 0.2) is 42.5 Å². The zero-order valence-corrected chi connectivity index (χ0v) is 18.0. The zero-order chi connectivity index (χ0) is 22.1. The van der Waals surface area contributed by atoms with Crippen molar-refractivity contribution in [3.05, 3.63) is 48.0 Å². The molecule has 32 heavy (non-hydrogen) atoms. The number of nitrogens with one attached hydrogen (secondary N) is 1. The van der Waals surface area contributed by atoms with Gasteiger partial charge in [0.05, 0.1) is 30.3 Å². The average molecular weight is 441 g/mol. The Kier molecular flexibility index (Phi) is 5.53. The topological polar surface area (TPSA) is 96.8 Å². The fourth-order valence-corrected chi connectivity index (χ4v) is 4.28. The molecule has 8 nitrogen and oxygen atoms in total. The number of fused-ring (bicyclic) bond motifs is 1. The van der Waals surface area contributed by atoms with Crippen LogP contribution in [0.1, 0.15) is 22.7 Å². The third kappa shape index (κ3) is 4.18. The molecule has 2 saturated heterocycles. The summed E-state index contributed by atoms with van der Waals surface area (Å²) in [5, 5.41) is 14.3. The van der Waals surface area contributed by atoms with Crippen molar-refractivity contribution in [3.63, 3.8) is 0 Å². The highest BCUT2D eigenvalue weighted by molar-refractivity contribution is 5.92. The maximum absolute atomic E-state index is 12.3. The second-order valence-corrected chi connectivity index (χ2v) is 8.38. The number of aryl methyl sites for hydroxylation is 1. The molecular formula is C24H32N4O4. The van der Waals surface area contributed by atoms with Crippen molar-refractivity contribution in [3.8, 4) is 17.1 Å². The molecule has 8 heteroatoms. The van der Waals surface area contributed by atoms with E-state index in [1.54, 1.807) is 12.1 Å². The van der Waals surface area contributed by atoms with E-state index in [2.05, 4.69) is 10.2 Å². The van der Waals surface area contributed by atoms with Gasteiger partial charge in [0.2, 0.25) is 0 Å². The maximum atomic E-state index is 12.3. The minimum atomic E-state index is -0.398. The Labute approximate surface area is 190 Å². The van der Waals surface area contributed by atoms with Crippen molar-refractivity contribution in [2.24, 2.45) is 0 Å². The number of phenols is 1. The molecule has 0 spiro atoms. The highest BCUT2D eigenvalue weighted by Crippen LogP contribution is 2.33. The van der Waals surface area contributed by atoms with Crippen molar-refractivity contribution >= 4 is 22.8 Å². The number of aromatic nitrogens is 2. The molecule has 2 aliphatic rings. The molecule has 0 aliphatic carbocycles. The smallest absolute Gasteiger partial charge is 0.407 e. The van der Waals surface area contributed by atoms with Crippen LogP contribution >= 0.6 is 0 Å². The monoisotopic (exact) mass is 440 g/mol. The number of aromatic hydroxyl groups is 1. The maximum Gasteiger partial charge on any atom is 0.407 e. The molecule has 0 saturated carbocycles. The zero-order valence-electron chi connectivity index (χ0n) is 18.0. The number of phenolic OH excluding ortho intramolecular Hbond substituents is 1. The van der Waals surface area contributed by atoms with E-state index in [1.165, 1.54) is 0 Å². The number of anilines is 1. The summed E-state index contributed by atoms with van der Waals surface area (Å²) in [5.41, 5.74) is 2.52. The number of hydrogen-bond donors (Lipinski definition) is 2. The lowest BCUT2D eigenvalue weighted by molar-refractivity contribution is 0.0813. The van der Waals surface area contributed by atoms with Crippen LogP contribution in [0.25, 0.3) is 22.3 Å². The van der Waals surface area contributed by atoms with Crippen LogP contribution in [-0.4, -0.2) is 59.6 Å². The van der Waals surface area contributed by atoms with Crippen LogP contribution in [0.4, 0.5) is 10.6 Å². The summed E-state index contributed by atoms with van der Waals surface area (Å²) in [4.78, 5) is 24.0. The SMILES string of the molecule is Cc1ccc2c(N3CC[C@@H](NC(=O)O[C@H]4CCOC4)C3)nc(-c3ccccc3O)nc2c1.[HH].[HH].[HH]. The van der Waals surface area contributed by atoms with E-state index in [4.69, 9.17) is 19.4 Å². The number of carbonyl (C=O) groups excluding carboxylic acids is 1. The van der Waals surface area contributed by atoms with Crippen molar-refractivity contribution in [1.82, 2.24) is 15.3 Å². The van der Waals surface area contributed by atoms with Gasteiger partial charge in [-0.2, -0.15) is 0 Å². The van der Waals surface area contributed by atoms with Gasteiger partial charge in [-0.15, -0.1) is 0 Å². The lowest BCUT2D eigenvalue weighted by atomic mass is 10.1. The number of hydrogen-bond acceptors (Lipinski definition) is 7. The first-order chi connectivity index (χ1) is 15.6. The van der Waals surface area contributed by atoms with E-state index in [0.29, 0.717) is 31.1 Å². The molecule has 0 unspecified atom stereocenters. The molecule has 2 aromatic carbocycles. The minimum absolute atomic E-state index is 0. The lowest BCUT2D eigenvalue weighted by Crippen LogP contribution is -2.39. The van der Waals surface area contributed by atoms with Crippen LogP contribution in [0.3, 0.4) is 0 Å². The van der Waals surface area contributed by atoms with Gasteiger partial charge in [-0.1, -0.05) is 18.2 Å². The lowest BCUT2D eigenvalue weighted by Gasteiger charge is -2.21. The second-order valence-electron chi connectivity index (χ2n) is 8.38. The summed E-state index contributed by atoms with van der Waals surface area (Å²) in [6, 6.07) is 13.1. The molecule has 1 amide bonds. The summed E-state index contributed by atoms with van der Waals surface area (Å²) in [6.07, 6.45) is 0.971. The molecule has 172 valence electrons. The van der Waals surface area contributed by atoms with Gasteiger partial charge >= 0.3 is 6.09 Å². The van der Waals surface area contributed by atoms with E-state index in [-0.39, 0.29) is 22.2 Å². The predicted octanol–water partition coefficient (Wildman–Crippen LogP) is 4.14. The predicted molar refractivity (Wildman–Crippen MR) is 127 cm³/mol. The number of alkyl carbamates (subject to hydrolysis) is 1. The number of carbonyl (C=O) groups is 1. The Morgan fingerprint density at radius 2 is 2.12 bits per heavy atom. The van der Waals surface area contributed by atoms with Crippen LogP contribution < -0.4 is 10.2 Å². The van der Waals surface area contributed by atoms with Crippen molar-refractivity contribution < 1.29 is 23.7 Å². The van der Waals surface area contributed by atoms with Gasteiger partial charge in [-0.3, -0.25) is 0 Å². The Morgan fingerprint density at radius 1 is 1.25 bits per heavy atom. The Balaban J connectivity index is 0.00000144. The fraction of sp³-hybridized carbons (Fsp3) is 0.375. The Hall–Kier alpha value is -3.39. The van der Waals surface area contributed by atoms with Crippen LogP contribution in [0.2, 0.25) is 0 Å². The van der Waals surface area contributed by atoms with Crippen molar-refractivity contribution in [1.29, 1.82) is 0 Å². The number of nitrogens with zero attached hydrogens (tertiary/aromatic N) is 3. The first-order valence-electron chi connectivity index (χ1n) is 10.9. The van der Waals surface area contributed by atoms with Gasteiger partial charge in [0.15, 0.2) is 5.82 Å². The first kappa shape index (κ1) is 20.5. The standard InChI is InChI=1S/C24H26N4O4.3H2/c1-15-6-7-18-20(12-15)26-22(19-4-2-3-5-21(19)29)27-23(18)28-10-8-16(13-28)25-24(30)32-17-9-11-31-14-17;;;/h2-7,12,16-17,29H,8-11,13-14H2,1H3,(H,25,30);3*1H/t16-,17+;;;/m1.../s1. The number of para-hydroxylation sites is 1. The summed E-state index contributed by atoms with van der Waals surface area (Å²) in [7, 11) is 0. The molecule has 3 heterocycles. The van der Waals surface area contributed by atoms with Gasteiger partial charge < -0.3 is 24.8 Å². The minimum Gasteiger partial charge on any atom is -0.507 e. The second kappa shape index (κ2) is 8.63. The fourth-order valence-electron chi connectivity index (χ4n) is 4.28. The number of ether oxygens (including phenoxy) is 2. The van der Waals surface area contributed by atoms with E-state index in [0.717, 1.165) is 41.7 Å². The highest BCUT2D eigenvalue weighted by Gasteiger charge is 2.29. The van der Waals surface area contributed by atoms with E-state index in [9.17, 15) is 9.90 Å². The van der Waals surface area contributed by atoms with Gasteiger partial charge in [0.1, 0.15) is 17.7 Å². The van der Waals surface area contributed by atoms with E-state index in [1.807, 2.05) is 37.3 Å². The van der Waals surface area contributed by atoms with Crippen molar-refractivity contribution in [2.45, 2.75) is 31.9 Å². The Bertz CT molecular complexity index is 1160. The highest BCUT2D eigenvalue weighted by atomic mass is 16.6. The summed E-state index contributed by atoms with van der Waals surface area (Å²) in [5.74, 6) is 1.42. The molecule has 1 aromatic heterocycles. The van der Waals surface area contributed by atoms with Gasteiger partial charge in [-0.05, 0) is 43.2 Å². The number of benzene rings is 2. The van der Waals surface area contributed by atoms with Gasteiger partial charge in [0.25, 0.3) is 0 Å². The van der Waals surface area contributed by atoms with Gasteiger partial charge in [0, 0.05) is 29.2 Å². The third-order valence-electron chi connectivity index (χ3n) is 5.95. The molecule has 0 bridgehead atoms. The number of rotatable bonds is 4. The molecule has 2 aliphatic heterocycles.